The normalized spacial score (nSPS) is 15.6. The molecule has 7 nitrogen and oxygen atoms in total. The maximum Gasteiger partial charge on any atom is 0.319 e. The highest BCUT2D eigenvalue weighted by molar-refractivity contribution is 5.91. The summed E-state index contributed by atoms with van der Waals surface area (Å²) in [5.74, 6) is -0.280. The van der Waals surface area contributed by atoms with Gasteiger partial charge >= 0.3 is 12.1 Å². The van der Waals surface area contributed by atoms with Crippen molar-refractivity contribution in [2.45, 2.75) is 25.4 Å². The predicted molar refractivity (Wildman–Crippen MR) is 110 cm³/mol. The Balaban J connectivity index is 1.37. The molecule has 1 atom stereocenters. The number of halogens is 1. The van der Waals surface area contributed by atoms with E-state index in [0.29, 0.717) is 36.4 Å². The van der Waals surface area contributed by atoms with E-state index in [1.807, 2.05) is 0 Å². The Kier molecular flexibility index (Phi) is 7.40. The second-order valence-corrected chi connectivity index (χ2v) is 6.77. The molecule has 1 aliphatic heterocycles. The van der Waals surface area contributed by atoms with Crippen LogP contribution < -0.4 is 21.3 Å². The molecule has 0 aliphatic carbocycles. The fraction of sp³-hybridized carbons (Fsp3) is 0.333. The smallest absolute Gasteiger partial charge is 0.319 e. The average molecular weight is 400 g/mol. The van der Waals surface area contributed by atoms with Gasteiger partial charge in [-0.1, -0.05) is 18.2 Å². The van der Waals surface area contributed by atoms with Crippen LogP contribution in [0.25, 0.3) is 0 Å². The van der Waals surface area contributed by atoms with E-state index < -0.39 is 0 Å². The number of benzene rings is 2. The molecule has 0 radical (unpaired) electrons. The van der Waals surface area contributed by atoms with E-state index in [2.05, 4.69) is 21.3 Å². The molecule has 2 aromatic carbocycles. The first-order valence-electron chi connectivity index (χ1n) is 9.65. The van der Waals surface area contributed by atoms with Gasteiger partial charge in [0, 0.05) is 31.1 Å². The molecule has 4 amide bonds. The monoisotopic (exact) mass is 400 g/mol. The second kappa shape index (κ2) is 10.4. The minimum Gasteiger partial charge on any atom is -0.376 e. The summed E-state index contributed by atoms with van der Waals surface area (Å²) < 4.78 is 19.0. The molecule has 0 spiro atoms. The summed E-state index contributed by atoms with van der Waals surface area (Å²) in [5.41, 5.74) is 1.75. The van der Waals surface area contributed by atoms with Crippen LogP contribution in [0.2, 0.25) is 0 Å². The van der Waals surface area contributed by atoms with Crippen molar-refractivity contribution in [2.75, 3.05) is 30.3 Å². The topological polar surface area (TPSA) is 91.5 Å². The third-order valence-corrected chi connectivity index (χ3v) is 4.55. The molecule has 8 heteroatoms. The molecule has 1 unspecified atom stereocenters. The van der Waals surface area contributed by atoms with Gasteiger partial charge in [-0.3, -0.25) is 0 Å². The Morgan fingerprint density at radius 3 is 2.24 bits per heavy atom. The van der Waals surface area contributed by atoms with Crippen LogP contribution >= 0.6 is 0 Å². The van der Waals surface area contributed by atoms with Crippen LogP contribution in [0, 0.1) is 5.82 Å². The largest absolute Gasteiger partial charge is 0.376 e. The van der Waals surface area contributed by atoms with E-state index in [1.54, 1.807) is 42.5 Å². The molecule has 1 fully saturated rings. The van der Waals surface area contributed by atoms with Crippen molar-refractivity contribution in [2.24, 2.45) is 0 Å². The number of carbonyl (C=O) groups excluding carboxylic acids is 2. The summed E-state index contributed by atoms with van der Waals surface area (Å²) in [6, 6.07) is 12.6. The first-order valence-corrected chi connectivity index (χ1v) is 9.65. The predicted octanol–water partition coefficient (Wildman–Crippen LogP) is 3.49. The minimum absolute atomic E-state index is 0.0872. The van der Waals surface area contributed by atoms with E-state index in [9.17, 15) is 14.0 Å². The zero-order valence-corrected chi connectivity index (χ0v) is 16.0. The number of ether oxygens (including phenoxy) is 1. The number of amides is 4. The van der Waals surface area contributed by atoms with Crippen LogP contribution in [0.15, 0.2) is 48.5 Å². The zero-order chi connectivity index (χ0) is 20.5. The van der Waals surface area contributed by atoms with Crippen LogP contribution in [-0.2, 0) is 11.2 Å². The highest BCUT2D eigenvalue weighted by Gasteiger charge is 2.16. The Morgan fingerprint density at radius 2 is 1.62 bits per heavy atom. The van der Waals surface area contributed by atoms with Crippen molar-refractivity contribution in [1.82, 2.24) is 10.6 Å². The highest BCUT2D eigenvalue weighted by atomic mass is 19.1. The molecular weight excluding hydrogens is 375 g/mol. The van der Waals surface area contributed by atoms with Crippen LogP contribution in [0.5, 0.6) is 0 Å². The minimum atomic E-state index is -0.378. The quantitative estimate of drug-likeness (QED) is 0.573. The Hall–Kier alpha value is -3.13. The summed E-state index contributed by atoms with van der Waals surface area (Å²) >= 11 is 0. The number of rotatable bonds is 7. The van der Waals surface area contributed by atoms with Gasteiger partial charge in [0.25, 0.3) is 0 Å². The van der Waals surface area contributed by atoms with E-state index in [0.717, 1.165) is 19.4 Å². The second-order valence-electron chi connectivity index (χ2n) is 6.77. The third kappa shape index (κ3) is 6.76. The van der Waals surface area contributed by atoms with Crippen molar-refractivity contribution in [3.05, 3.63) is 59.9 Å². The van der Waals surface area contributed by atoms with Gasteiger partial charge < -0.3 is 26.0 Å². The van der Waals surface area contributed by atoms with Crippen molar-refractivity contribution in [3.63, 3.8) is 0 Å². The van der Waals surface area contributed by atoms with Gasteiger partial charge in [-0.15, -0.1) is 0 Å². The lowest BCUT2D eigenvalue weighted by Crippen LogP contribution is -2.35. The highest BCUT2D eigenvalue weighted by Crippen LogP contribution is 2.14. The number of nitrogens with one attached hydrogen (secondary N) is 4. The standard InChI is InChI=1S/C21H25FN4O3/c22-19-6-2-1-4-15(19)11-12-23-20(27)25-16-7-9-17(10-8-16)26-21(28)24-14-18-5-3-13-29-18/h1-2,4,6-10,18H,3,5,11-14H2,(H2,23,25,27)(H2,24,26,28). The van der Waals surface area contributed by atoms with Gasteiger partial charge in [-0.2, -0.15) is 0 Å². The van der Waals surface area contributed by atoms with Crippen molar-refractivity contribution in [1.29, 1.82) is 0 Å². The maximum absolute atomic E-state index is 13.5. The lowest BCUT2D eigenvalue weighted by Gasteiger charge is -2.12. The molecule has 1 heterocycles. The summed E-state index contributed by atoms with van der Waals surface area (Å²) in [4.78, 5) is 23.9. The lowest BCUT2D eigenvalue weighted by atomic mass is 10.1. The molecule has 0 bridgehead atoms. The summed E-state index contributed by atoms with van der Waals surface area (Å²) in [7, 11) is 0. The molecular formula is C21H25FN4O3. The van der Waals surface area contributed by atoms with Gasteiger partial charge in [0.1, 0.15) is 5.82 Å². The average Bonchev–Trinajstić information content (AvgIpc) is 3.23. The van der Waals surface area contributed by atoms with Crippen LogP contribution in [-0.4, -0.2) is 37.9 Å². The third-order valence-electron chi connectivity index (χ3n) is 4.55. The van der Waals surface area contributed by atoms with E-state index in [4.69, 9.17) is 4.74 Å². The van der Waals surface area contributed by atoms with Crippen LogP contribution in [0.4, 0.5) is 25.4 Å². The van der Waals surface area contributed by atoms with Gasteiger partial charge in [0.15, 0.2) is 0 Å². The molecule has 2 aromatic rings. The Bertz CT molecular complexity index is 823. The number of anilines is 2. The van der Waals surface area contributed by atoms with E-state index in [1.165, 1.54) is 6.07 Å². The molecule has 0 aromatic heterocycles. The van der Waals surface area contributed by atoms with Gasteiger partial charge in [-0.25, -0.2) is 14.0 Å². The Morgan fingerprint density at radius 1 is 0.966 bits per heavy atom. The summed E-state index contributed by atoms with van der Waals surface area (Å²) in [6.07, 6.45) is 2.48. The van der Waals surface area contributed by atoms with E-state index in [-0.39, 0.29) is 24.0 Å². The first kappa shape index (κ1) is 20.6. The first-order chi connectivity index (χ1) is 14.1. The summed E-state index contributed by atoms with van der Waals surface area (Å²) in [5, 5.41) is 10.9. The van der Waals surface area contributed by atoms with Gasteiger partial charge in [0.05, 0.1) is 6.10 Å². The van der Waals surface area contributed by atoms with Crippen molar-refractivity contribution < 1.29 is 18.7 Å². The molecule has 4 N–H and O–H groups in total. The maximum atomic E-state index is 13.5. The van der Waals surface area contributed by atoms with Crippen LogP contribution in [0.1, 0.15) is 18.4 Å². The zero-order valence-electron chi connectivity index (χ0n) is 16.0. The molecule has 0 saturated carbocycles. The number of hydrogen-bond donors (Lipinski definition) is 4. The molecule has 29 heavy (non-hydrogen) atoms. The van der Waals surface area contributed by atoms with E-state index >= 15 is 0 Å². The number of hydrogen-bond acceptors (Lipinski definition) is 3. The Labute approximate surface area is 169 Å². The van der Waals surface area contributed by atoms with Crippen molar-refractivity contribution in [3.8, 4) is 0 Å². The van der Waals surface area contributed by atoms with Crippen LogP contribution in [0.3, 0.4) is 0 Å². The van der Waals surface area contributed by atoms with Gasteiger partial charge in [-0.05, 0) is 55.2 Å². The molecule has 154 valence electrons. The SMILES string of the molecule is O=C(NCCc1ccccc1F)Nc1ccc(NC(=O)NCC2CCCO2)cc1. The van der Waals surface area contributed by atoms with Crippen molar-refractivity contribution >= 4 is 23.4 Å². The van der Waals surface area contributed by atoms with Gasteiger partial charge in [0.2, 0.25) is 0 Å². The number of urea groups is 2. The summed E-state index contributed by atoms with van der Waals surface area (Å²) in [6.45, 7) is 1.55. The fourth-order valence-electron chi connectivity index (χ4n) is 3.01. The number of carbonyl (C=O) groups is 2. The lowest BCUT2D eigenvalue weighted by molar-refractivity contribution is 0.112. The molecule has 1 saturated heterocycles. The molecule has 3 rings (SSSR count). The fourth-order valence-corrected chi connectivity index (χ4v) is 3.01. The molecule has 1 aliphatic rings.